The second-order valence-corrected chi connectivity index (χ2v) is 5.64. The highest BCUT2D eigenvalue weighted by Gasteiger charge is 2.38. The summed E-state index contributed by atoms with van der Waals surface area (Å²) in [6.07, 6.45) is 0.840. The first-order valence-electron chi connectivity index (χ1n) is 6.29. The minimum absolute atomic E-state index is 0.116. The fourth-order valence-corrected chi connectivity index (χ4v) is 2.36. The van der Waals surface area contributed by atoms with Crippen LogP contribution in [0.25, 0.3) is 0 Å². The van der Waals surface area contributed by atoms with Crippen LogP contribution in [0.5, 0.6) is 0 Å². The normalized spacial score (nSPS) is 29.7. The fraction of sp³-hybridized carbons (Fsp3) is 0.917. The lowest BCUT2D eigenvalue weighted by Gasteiger charge is -2.43. The van der Waals surface area contributed by atoms with Crippen LogP contribution in [0.2, 0.25) is 0 Å². The zero-order valence-electron chi connectivity index (χ0n) is 10.9. The minimum Gasteiger partial charge on any atom is -0.444 e. The van der Waals surface area contributed by atoms with E-state index >= 15 is 0 Å². The molecule has 0 aromatic heterocycles. The summed E-state index contributed by atoms with van der Waals surface area (Å²) in [5.41, 5.74) is -0.433. The first kappa shape index (κ1) is 12.6. The zero-order chi connectivity index (χ0) is 12.5. The van der Waals surface area contributed by atoms with Gasteiger partial charge in [0.15, 0.2) is 0 Å². The number of ether oxygens (including phenoxy) is 2. The van der Waals surface area contributed by atoms with Crippen molar-refractivity contribution in [3.63, 3.8) is 0 Å². The van der Waals surface area contributed by atoms with Crippen LogP contribution >= 0.6 is 0 Å². The van der Waals surface area contributed by atoms with Crippen molar-refractivity contribution in [2.24, 2.45) is 0 Å². The van der Waals surface area contributed by atoms with E-state index in [9.17, 15) is 4.79 Å². The van der Waals surface area contributed by atoms with Crippen LogP contribution in [0, 0.1) is 0 Å². The number of carbonyl (C=O) groups excluding carboxylic acids is 1. The molecule has 0 aliphatic carbocycles. The number of hydrogen-bond donors (Lipinski definition) is 1. The topological polar surface area (TPSA) is 50.8 Å². The first-order chi connectivity index (χ1) is 7.97. The van der Waals surface area contributed by atoms with E-state index in [0.29, 0.717) is 13.2 Å². The molecule has 0 spiro atoms. The average Bonchev–Trinajstić information content (AvgIpc) is 2.26. The quantitative estimate of drug-likeness (QED) is 0.688. The van der Waals surface area contributed by atoms with Crippen LogP contribution in [0.3, 0.4) is 0 Å². The highest BCUT2D eigenvalue weighted by atomic mass is 16.6. The second-order valence-electron chi connectivity index (χ2n) is 5.64. The third kappa shape index (κ3) is 3.10. The largest absolute Gasteiger partial charge is 0.444 e. The van der Waals surface area contributed by atoms with Gasteiger partial charge in [-0.25, -0.2) is 4.79 Å². The molecule has 2 fully saturated rings. The number of amides is 1. The number of hydrogen-bond acceptors (Lipinski definition) is 4. The fourth-order valence-electron chi connectivity index (χ4n) is 2.36. The summed E-state index contributed by atoms with van der Waals surface area (Å²) >= 11 is 0. The maximum atomic E-state index is 12.1. The number of fused-ring (bicyclic) bond motifs is 1. The van der Waals surface area contributed by atoms with Gasteiger partial charge < -0.3 is 19.7 Å². The van der Waals surface area contributed by atoms with Crippen molar-refractivity contribution in [1.82, 2.24) is 10.2 Å². The Balaban J connectivity index is 2.01. The van der Waals surface area contributed by atoms with Crippen LogP contribution in [-0.4, -0.2) is 55.0 Å². The van der Waals surface area contributed by atoms with Gasteiger partial charge in [-0.1, -0.05) is 0 Å². The van der Waals surface area contributed by atoms with Gasteiger partial charge in [-0.05, 0) is 33.7 Å². The van der Waals surface area contributed by atoms with E-state index in [4.69, 9.17) is 9.47 Å². The summed E-state index contributed by atoms with van der Waals surface area (Å²) in [6.45, 7) is 8.67. The molecule has 1 N–H and O–H groups in total. The van der Waals surface area contributed by atoms with Gasteiger partial charge in [-0.15, -0.1) is 0 Å². The number of carbonyl (C=O) groups is 1. The van der Waals surface area contributed by atoms with Gasteiger partial charge in [0.05, 0.1) is 18.8 Å². The number of morpholine rings is 1. The Morgan fingerprint density at radius 3 is 2.94 bits per heavy atom. The Hall–Kier alpha value is -0.810. The van der Waals surface area contributed by atoms with Crippen molar-refractivity contribution < 1.29 is 14.3 Å². The van der Waals surface area contributed by atoms with Crippen LogP contribution in [0.15, 0.2) is 0 Å². The molecule has 5 heteroatoms. The van der Waals surface area contributed by atoms with Crippen molar-refractivity contribution in [2.75, 3.05) is 26.2 Å². The molecule has 0 saturated carbocycles. The Morgan fingerprint density at radius 1 is 1.47 bits per heavy atom. The van der Waals surface area contributed by atoms with E-state index in [1.54, 1.807) is 0 Å². The third-order valence-corrected chi connectivity index (χ3v) is 3.08. The molecule has 0 bridgehead atoms. The van der Waals surface area contributed by atoms with E-state index in [0.717, 1.165) is 19.5 Å². The van der Waals surface area contributed by atoms with E-state index in [1.165, 1.54) is 0 Å². The summed E-state index contributed by atoms with van der Waals surface area (Å²) in [5.74, 6) is 0. The molecule has 0 aromatic carbocycles. The number of rotatable bonds is 0. The van der Waals surface area contributed by atoms with E-state index < -0.39 is 5.60 Å². The molecular formula is C12H22N2O3. The van der Waals surface area contributed by atoms with E-state index in [2.05, 4.69) is 5.32 Å². The molecular weight excluding hydrogens is 220 g/mol. The van der Waals surface area contributed by atoms with Gasteiger partial charge >= 0.3 is 6.09 Å². The Morgan fingerprint density at radius 2 is 2.24 bits per heavy atom. The Labute approximate surface area is 102 Å². The van der Waals surface area contributed by atoms with E-state index in [1.807, 2.05) is 25.7 Å². The SMILES string of the molecule is CC(C)(C)OC(=O)N1CCO[C@@H]2CNCC[C@@H]21. The number of nitrogens with zero attached hydrogens (tertiary/aromatic N) is 1. The van der Waals surface area contributed by atoms with Crippen LogP contribution in [0.1, 0.15) is 27.2 Å². The van der Waals surface area contributed by atoms with Crippen LogP contribution in [-0.2, 0) is 9.47 Å². The zero-order valence-corrected chi connectivity index (χ0v) is 10.9. The number of piperidine rings is 1. The smallest absolute Gasteiger partial charge is 0.410 e. The maximum absolute atomic E-state index is 12.1. The van der Waals surface area contributed by atoms with Gasteiger partial charge in [-0.3, -0.25) is 0 Å². The molecule has 0 radical (unpaired) electrons. The van der Waals surface area contributed by atoms with Crippen molar-refractivity contribution in [3.05, 3.63) is 0 Å². The lowest BCUT2D eigenvalue weighted by atomic mass is 10.0. The second kappa shape index (κ2) is 4.82. The van der Waals surface area contributed by atoms with Gasteiger partial charge in [0.1, 0.15) is 5.60 Å². The third-order valence-electron chi connectivity index (χ3n) is 3.08. The molecule has 1 amide bonds. The summed E-state index contributed by atoms with van der Waals surface area (Å²) in [4.78, 5) is 13.9. The molecule has 5 nitrogen and oxygen atoms in total. The van der Waals surface area contributed by atoms with Crippen molar-refractivity contribution in [2.45, 2.75) is 44.9 Å². The summed E-state index contributed by atoms with van der Waals surface area (Å²) < 4.78 is 11.1. The molecule has 2 atom stereocenters. The predicted octanol–water partition coefficient (Wildman–Crippen LogP) is 0.984. The van der Waals surface area contributed by atoms with Crippen molar-refractivity contribution in [1.29, 1.82) is 0 Å². The Kier molecular flexibility index (Phi) is 3.58. The number of nitrogens with one attached hydrogen (secondary N) is 1. The summed E-state index contributed by atoms with van der Waals surface area (Å²) in [5, 5.41) is 3.29. The van der Waals surface area contributed by atoms with Gasteiger partial charge in [0, 0.05) is 13.1 Å². The highest BCUT2D eigenvalue weighted by molar-refractivity contribution is 5.68. The lowest BCUT2D eigenvalue weighted by Crippen LogP contribution is -2.60. The Bertz CT molecular complexity index is 286. The molecule has 98 valence electrons. The van der Waals surface area contributed by atoms with E-state index in [-0.39, 0.29) is 18.2 Å². The molecule has 0 unspecified atom stereocenters. The first-order valence-corrected chi connectivity index (χ1v) is 6.29. The van der Waals surface area contributed by atoms with Gasteiger partial charge in [0.25, 0.3) is 0 Å². The molecule has 17 heavy (non-hydrogen) atoms. The van der Waals surface area contributed by atoms with Crippen LogP contribution < -0.4 is 5.32 Å². The standard InChI is InChI=1S/C12H22N2O3/c1-12(2,3)17-11(15)14-6-7-16-10-8-13-5-4-9(10)14/h9-10,13H,4-8H2,1-3H3/t9-,10+/m0/s1. The van der Waals surface area contributed by atoms with Crippen molar-refractivity contribution in [3.8, 4) is 0 Å². The van der Waals surface area contributed by atoms with Crippen LogP contribution in [0.4, 0.5) is 4.79 Å². The maximum Gasteiger partial charge on any atom is 0.410 e. The van der Waals surface area contributed by atoms with Crippen molar-refractivity contribution >= 4 is 6.09 Å². The lowest BCUT2D eigenvalue weighted by molar-refractivity contribution is -0.0839. The van der Waals surface area contributed by atoms with Gasteiger partial charge in [-0.2, -0.15) is 0 Å². The summed E-state index contributed by atoms with van der Waals surface area (Å²) in [6, 6.07) is 0.167. The average molecular weight is 242 g/mol. The molecule has 2 aliphatic rings. The molecule has 0 aromatic rings. The summed E-state index contributed by atoms with van der Waals surface area (Å²) in [7, 11) is 0. The molecule has 2 saturated heterocycles. The van der Waals surface area contributed by atoms with Gasteiger partial charge in [0.2, 0.25) is 0 Å². The molecule has 2 aliphatic heterocycles. The minimum atomic E-state index is -0.433. The predicted molar refractivity (Wildman–Crippen MR) is 64.0 cm³/mol. The monoisotopic (exact) mass is 242 g/mol. The molecule has 2 rings (SSSR count). The molecule has 2 heterocycles. The highest BCUT2D eigenvalue weighted by Crippen LogP contribution is 2.22.